The van der Waals surface area contributed by atoms with Gasteiger partial charge in [-0.05, 0) is 18.2 Å². The third kappa shape index (κ3) is 4.72. The van der Waals surface area contributed by atoms with E-state index in [0.717, 1.165) is 6.07 Å². The van der Waals surface area contributed by atoms with Crippen molar-refractivity contribution in [2.75, 3.05) is 11.9 Å². The lowest BCUT2D eigenvalue weighted by Crippen LogP contribution is -2.43. The maximum absolute atomic E-state index is 13.4. The van der Waals surface area contributed by atoms with E-state index in [-0.39, 0.29) is 17.1 Å². The number of hydrogen-bond acceptors (Lipinski definition) is 3. The van der Waals surface area contributed by atoms with E-state index in [4.69, 9.17) is 21.8 Å². The molecule has 1 aromatic carbocycles. The number of aliphatic hydroxyl groups excluding tert-OH is 1. The largest absolute Gasteiger partial charge is 0.480 e. The first kappa shape index (κ1) is 15.2. The summed E-state index contributed by atoms with van der Waals surface area (Å²) in [5.41, 5.74) is -0.130. The molecule has 0 saturated carbocycles. The molecule has 0 bridgehead atoms. The summed E-state index contributed by atoms with van der Waals surface area (Å²) in [5.74, 6) is -2.03. The fourth-order valence-electron chi connectivity index (χ4n) is 1.29. The molecule has 0 radical (unpaired) electrons. The molecule has 19 heavy (non-hydrogen) atoms. The minimum Gasteiger partial charge on any atom is -0.480 e. The normalized spacial score (nSPS) is 11.7. The van der Waals surface area contributed by atoms with E-state index in [1.54, 1.807) is 0 Å². The molecule has 1 aromatic rings. The van der Waals surface area contributed by atoms with Gasteiger partial charge < -0.3 is 20.8 Å². The molecule has 1 rings (SSSR count). The van der Waals surface area contributed by atoms with Gasteiger partial charge in [-0.1, -0.05) is 11.6 Å². The van der Waals surface area contributed by atoms with Crippen LogP contribution in [-0.2, 0) is 4.79 Å². The van der Waals surface area contributed by atoms with Crippen LogP contribution in [0.15, 0.2) is 18.2 Å². The van der Waals surface area contributed by atoms with E-state index in [1.807, 2.05) is 0 Å². The van der Waals surface area contributed by atoms with Gasteiger partial charge in [0.1, 0.15) is 11.9 Å². The Morgan fingerprint density at radius 2 is 2.11 bits per heavy atom. The zero-order valence-electron chi connectivity index (χ0n) is 9.69. The number of aliphatic hydroxyl groups is 1. The minimum atomic E-state index is -1.29. The molecule has 0 heterocycles. The van der Waals surface area contributed by atoms with E-state index in [0.29, 0.717) is 0 Å². The molecular formula is C11H12ClFN2O4. The van der Waals surface area contributed by atoms with Gasteiger partial charge in [0.15, 0.2) is 0 Å². The van der Waals surface area contributed by atoms with Gasteiger partial charge in [-0.25, -0.2) is 14.0 Å². The second kappa shape index (κ2) is 6.91. The van der Waals surface area contributed by atoms with Crippen molar-refractivity contribution in [2.45, 2.75) is 12.5 Å². The lowest BCUT2D eigenvalue weighted by Gasteiger charge is -2.14. The smallest absolute Gasteiger partial charge is 0.326 e. The van der Waals surface area contributed by atoms with Crippen molar-refractivity contribution in [3.05, 3.63) is 29.0 Å². The molecule has 0 unspecified atom stereocenters. The standard InChI is InChI=1S/C11H12ClFN2O4/c12-6-1-2-8(7(13)5-6)14-11(19)15-9(3-4-16)10(17)18/h1-2,5,9,16H,3-4H2,(H,17,18)(H2,14,15,19)/t9-/m1/s1. The number of anilines is 1. The van der Waals surface area contributed by atoms with Crippen LogP contribution in [0.2, 0.25) is 5.02 Å². The van der Waals surface area contributed by atoms with Gasteiger partial charge in [-0.15, -0.1) is 0 Å². The second-order valence-electron chi connectivity index (χ2n) is 3.63. The summed E-state index contributed by atoms with van der Waals surface area (Å²) >= 11 is 5.55. The molecule has 0 saturated heterocycles. The number of carbonyl (C=O) groups is 2. The molecule has 0 fully saturated rings. The molecule has 4 N–H and O–H groups in total. The molecule has 1 atom stereocenters. The number of benzene rings is 1. The lowest BCUT2D eigenvalue weighted by molar-refractivity contribution is -0.139. The number of carboxylic acids is 1. The molecule has 2 amide bonds. The first-order valence-electron chi connectivity index (χ1n) is 5.30. The highest BCUT2D eigenvalue weighted by molar-refractivity contribution is 6.30. The Bertz CT molecular complexity index is 484. The maximum Gasteiger partial charge on any atom is 0.326 e. The van der Waals surface area contributed by atoms with Crippen molar-refractivity contribution in [3.63, 3.8) is 0 Å². The van der Waals surface area contributed by atoms with Gasteiger partial charge in [0.25, 0.3) is 0 Å². The topological polar surface area (TPSA) is 98.7 Å². The molecule has 0 aromatic heterocycles. The van der Waals surface area contributed by atoms with Crippen LogP contribution in [0.1, 0.15) is 6.42 Å². The molecule has 0 aliphatic heterocycles. The van der Waals surface area contributed by atoms with Crippen molar-refractivity contribution in [1.29, 1.82) is 0 Å². The predicted molar refractivity (Wildman–Crippen MR) is 66.7 cm³/mol. The Morgan fingerprint density at radius 1 is 1.42 bits per heavy atom. The third-order valence-electron chi connectivity index (χ3n) is 2.20. The van der Waals surface area contributed by atoms with Crippen molar-refractivity contribution < 1.29 is 24.2 Å². The van der Waals surface area contributed by atoms with E-state index < -0.39 is 30.5 Å². The average Bonchev–Trinajstić information content (AvgIpc) is 2.32. The van der Waals surface area contributed by atoms with Gasteiger partial charge in [-0.2, -0.15) is 0 Å². The third-order valence-corrected chi connectivity index (χ3v) is 2.44. The fourth-order valence-corrected chi connectivity index (χ4v) is 1.45. The summed E-state index contributed by atoms with van der Waals surface area (Å²) in [6.07, 6.45) is -0.147. The van der Waals surface area contributed by atoms with Gasteiger partial charge in [0.05, 0.1) is 5.69 Å². The number of carbonyl (C=O) groups excluding carboxylic acids is 1. The van der Waals surface area contributed by atoms with Crippen LogP contribution < -0.4 is 10.6 Å². The van der Waals surface area contributed by atoms with Crippen molar-refractivity contribution in [2.24, 2.45) is 0 Å². The van der Waals surface area contributed by atoms with Crippen LogP contribution in [0.4, 0.5) is 14.9 Å². The van der Waals surface area contributed by atoms with Crippen LogP contribution in [0.5, 0.6) is 0 Å². The Balaban J connectivity index is 2.66. The SMILES string of the molecule is O=C(Nc1ccc(Cl)cc1F)N[C@H](CCO)C(=O)O. The first-order chi connectivity index (χ1) is 8.93. The monoisotopic (exact) mass is 290 g/mol. The van der Waals surface area contributed by atoms with Crippen LogP contribution in [-0.4, -0.2) is 34.9 Å². The van der Waals surface area contributed by atoms with Gasteiger partial charge in [0.2, 0.25) is 0 Å². The zero-order valence-corrected chi connectivity index (χ0v) is 10.4. The number of hydrogen-bond donors (Lipinski definition) is 4. The summed E-state index contributed by atoms with van der Waals surface area (Å²) in [6.45, 7) is -0.396. The number of halogens is 2. The van der Waals surface area contributed by atoms with Crippen LogP contribution in [0.25, 0.3) is 0 Å². The molecule has 6 nitrogen and oxygen atoms in total. The van der Waals surface area contributed by atoms with Gasteiger partial charge >= 0.3 is 12.0 Å². The quantitative estimate of drug-likeness (QED) is 0.659. The summed E-state index contributed by atoms with van der Waals surface area (Å²) < 4.78 is 13.4. The second-order valence-corrected chi connectivity index (χ2v) is 4.06. The predicted octanol–water partition coefficient (Wildman–Crippen LogP) is 1.44. The number of aliphatic carboxylic acids is 1. The number of amides is 2. The van der Waals surface area contributed by atoms with E-state index in [9.17, 15) is 14.0 Å². The number of carboxylic acid groups (broad SMARTS) is 1. The number of nitrogens with one attached hydrogen (secondary N) is 2. The van der Waals surface area contributed by atoms with E-state index in [1.165, 1.54) is 12.1 Å². The van der Waals surface area contributed by atoms with Crippen LogP contribution in [0.3, 0.4) is 0 Å². The number of rotatable bonds is 5. The first-order valence-corrected chi connectivity index (χ1v) is 5.68. The zero-order chi connectivity index (χ0) is 14.4. The highest BCUT2D eigenvalue weighted by Crippen LogP contribution is 2.18. The molecule has 0 aliphatic carbocycles. The van der Waals surface area contributed by atoms with E-state index >= 15 is 0 Å². The van der Waals surface area contributed by atoms with Crippen molar-refractivity contribution >= 4 is 29.3 Å². The van der Waals surface area contributed by atoms with Crippen molar-refractivity contribution in [1.82, 2.24) is 5.32 Å². The molecule has 8 heteroatoms. The molecule has 0 spiro atoms. The maximum atomic E-state index is 13.4. The highest BCUT2D eigenvalue weighted by atomic mass is 35.5. The Morgan fingerprint density at radius 3 is 2.63 bits per heavy atom. The Hall–Kier alpha value is -1.86. The van der Waals surface area contributed by atoms with Crippen LogP contribution in [0, 0.1) is 5.82 Å². The minimum absolute atomic E-state index is 0.130. The molecular weight excluding hydrogens is 279 g/mol. The Kier molecular flexibility index (Phi) is 5.53. The van der Waals surface area contributed by atoms with Crippen molar-refractivity contribution in [3.8, 4) is 0 Å². The van der Waals surface area contributed by atoms with Gasteiger partial charge in [-0.3, -0.25) is 0 Å². The summed E-state index contributed by atoms with van der Waals surface area (Å²) in [7, 11) is 0. The summed E-state index contributed by atoms with van der Waals surface area (Å²) in [6, 6.07) is 1.50. The Labute approximate surface area is 113 Å². The number of urea groups is 1. The van der Waals surface area contributed by atoms with Gasteiger partial charge in [0, 0.05) is 18.1 Å². The highest BCUT2D eigenvalue weighted by Gasteiger charge is 2.19. The lowest BCUT2D eigenvalue weighted by atomic mass is 10.2. The molecule has 0 aliphatic rings. The fraction of sp³-hybridized carbons (Fsp3) is 0.273. The molecule has 104 valence electrons. The van der Waals surface area contributed by atoms with E-state index in [2.05, 4.69) is 10.6 Å². The van der Waals surface area contributed by atoms with Crippen LogP contribution >= 0.6 is 11.6 Å². The summed E-state index contributed by atoms with van der Waals surface area (Å²) in [5, 5.41) is 21.8. The summed E-state index contributed by atoms with van der Waals surface area (Å²) in [4.78, 5) is 22.2. The average molecular weight is 291 g/mol.